The largest absolute Gasteiger partial charge is 0.336 e. The maximum Gasteiger partial charge on any atom is 0.321 e. The lowest BCUT2D eigenvalue weighted by molar-refractivity contribution is -0.117. The molecule has 3 aromatic rings. The van der Waals surface area contributed by atoms with Crippen molar-refractivity contribution in [1.82, 2.24) is 25.4 Å². The molecule has 0 spiro atoms. The third-order valence-electron chi connectivity index (χ3n) is 4.08. The van der Waals surface area contributed by atoms with Gasteiger partial charge in [-0.25, -0.2) is 4.79 Å². The van der Waals surface area contributed by atoms with Gasteiger partial charge in [0.05, 0.1) is 17.3 Å². The molecule has 0 bridgehead atoms. The number of hydrogen-bond donors (Lipinski definition) is 2. The highest BCUT2D eigenvalue weighted by Gasteiger charge is 2.19. The molecule has 1 aromatic heterocycles. The van der Waals surface area contributed by atoms with Gasteiger partial charge >= 0.3 is 6.03 Å². The molecule has 3 rings (SSSR count). The van der Waals surface area contributed by atoms with Crippen LogP contribution in [0.5, 0.6) is 0 Å². The lowest BCUT2D eigenvalue weighted by atomic mass is 10.2. The topological polar surface area (TPSA) is 88.9 Å². The second-order valence-electron chi connectivity index (χ2n) is 6.97. The maximum atomic E-state index is 12.2. The second kappa shape index (κ2) is 10.7. The fourth-order valence-corrected chi connectivity index (χ4v) is 4.00. The summed E-state index contributed by atoms with van der Waals surface area (Å²) in [5.41, 5.74) is 1.72. The van der Waals surface area contributed by atoms with E-state index >= 15 is 0 Å². The molecule has 3 amide bonds. The Morgan fingerprint density at radius 2 is 1.84 bits per heavy atom. The van der Waals surface area contributed by atoms with Gasteiger partial charge < -0.3 is 5.32 Å². The Hall–Kier alpha value is -2.55. The zero-order chi connectivity index (χ0) is 22.4. The molecule has 0 saturated heterocycles. The van der Waals surface area contributed by atoms with E-state index in [4.69, 9.17) is 23.2 Å². The van der Waals surface area contributed by atoms with Crippen LogP contribution in [0, 0.1) is 0 Å². The molecule has 31 heavy (non-hydrogen) atoms. The summed E-state index contributed by atoms with van der Waals surface area (Å²) in [5, 5.41) is 15.0. The van der Waals surface area contributed by atoms with Crippen molar-refractivity contribution in [2.75, 3.05) is 5.75 Å². The van der Waals surface area contributed by atoms with Crippen LogP contribution in [0.4, 0.5) is 4.79 Å². The standard InChI is InChI=1S/C21H21Cl2N5O2S/c1-13(2)24-20(30)25-18(29)12-31-21-27-26-19(16-9-8-15(22)10-17(16)23)28(21)11-14-6-4-3-5-7-14/h3-10,13H,11-12H2,1-2H3,(H2,24,25,29,30). The van der Waals surface area contributed by atoms with Crippen LogP contribution in [0.25, 0.3) is 11.4 Å². The third kappa shape index (κ3) is 6.46. The summed E-state index contributed by atoms with van der Waals surface area (Å²) in [5.74, 6) is 0.140. The Morgan fingerprint density at radius 1 is 1.10 bits per heavy atom. The Bertz CT molecular complexity index is 1070. The van der Waals surface area contributed by atoms with E-state index in [0.717, 1.165) is 5.56 Å². The number of halogens is 2. The Labute approximate surface area is 194 Å². The highest BCUT2D eigenvalue weighted by atomic mass is 35.5. The van der Waals surface area contributed by atoms with E-state index in [-0.39, 0.29) is 11.8 Å². The molecule has 0 saturated carbocycles. The zero-order valence-corrected chi connectivity index (χ0v) is 19.3. The molecule has 0 unspecified atom stereocenters. The van der Waals surface area contributed by atoms with Gasteiger partial charge in [0.2, 0.25) is 5.91 Å². The number of hydrogen-bond acceptors (Lipinski definition) is 5. The molecule has 0 atom stereocenters. The predicted octanol–water partition coefficient (Wildman–Crippen LogP) is 4.63. The molecule has 2 N–H and O–H groups in total. The van der Waals surface area contributed by atoms with E-state index in [0.29, 0.717) is 33.1 Å². The van der Waals surface area contributed by atoms with Crippen molar-refractivity contribution in [2.45, 2.75) is 31.6 Å². The molecule has 0 fully saturated rings. The van der Waals surface area contributed by atoms with Crippen LogP contribution in [0.3, 0.4) is 0 Å². The van der Waals surface area contributed by atoms with Crippen LogP contribution in [-0.4, -0.2) is 38.5 Å². The molecule has 7 nitrogen and oxygen atoms in total. The number of imide groups is 1. The summed E-state index contributed by atoms with van der Waals surface area (Å²) in [6.07, 6.45) is 0. The molecule has 162 valence electrons. The van der Waals surface area contributed by atoms with Crippen LogP contribution in [0.1, 0.15) is 19.4 Å². The first-order valence-corrected chi connectivity index (χ1v) is 11.2. The Balaban J connectivity index is 1.83. The van der Waals surface area contributed by atoms with Crippen LogP contribution >= 0.6 is 35.0 Å². The van der Waals surface area contributed by atoms with Crippen molar-refractivity contribution in [2.24, 2.45) is 0 Å². The average Bonchev–Trinajstić information content (AvgIpc) is 3.08. The van der Waals surface area contributed by atoms with Crippen molar-refractivity contribution >= 4 is 46.9 Å². The average molecular weight is 478 g/mol. The minimum Gasteiger partial charge on any atom is -0.336 e. The van der Waals surface area contributed by atoms with Crippen LogP contribution < -0.4 is 10.6 Å². The second-order valence-corrected chi connectivity index (χ2v) is 8.75. The normalized spacial score (nSPS) is 10.9. The van der Waals surface area contributed by atoms with E-state index < -0.39 is 11.9 Å². The van der Waals surface area contributed by atoms with E-state index in [9.17, 15) is 9.59 Å². The first kappa shape index (κ1) is 23.1. The van der Waals surface area contributed by atoms with Crippen molar-refractivity contribution in [3.8, 4) is 11.4 Å². The van der Waals surface area contributed by atoms with Gasteiger partial charge in [0, 0.05) is 16.6 Å². The number of benzene rings is 2. The lowest BCUT2D eigenvalue weighted by Gasteiger charge is -2.12. The molecular weight excluding hydrogens is 457 g/mol. The number of thioether (sulfide) groups is 1. The fourth-order valence-electron chi connectivity index (χ4n) is 2.77. The lowest BCUT2D eigenvalue weighted by Crippen LogP contribution is -2.43. The smallest absolute Gasteiger partial charge is 0.321 e. The number of carbonyl (C=O) groups excluding carboxylic acids is 2. The van der Waals surface area contributed by atoms with Gasteiger partial charge in [0.25, 0.3) is 0 Å². The van der Waals surface area contributed by atoms with Gasteiger partial charge in [0.15, 0.2) is 11.0 Å². The van der Waals surface area contributed by atoms with Crippen LogP contribution in [-0.2, 0) is 11.3 Å². The highest BCUT2D eigenvalue weighted by Crippen LogP contribution is 2.32. The summed E-state index contributed by atoms with van der Waals surface area (Å²) in [6.45, 7) is 4.11. The van der Waals surface area contributed by atoms with Gasteiger partial charge in [0.1, 0.15) is 0 Å². The summed E-state index contributed by atoms with van der Waals surface area (Å²) >= 11 is 13.6. The zero-order valence-electron chi connectivity index (χ0n) is 16.9. The number of nitrogens with zero attached hydrogens (tertiary/aromatic N) is 3. The minimum atomic E-state index is -0.528. The SMILES string of the molecule is CC(C)NC(=O)NC(=O)CSc1nnc(-c2ccc(Cl)cc2Cl)n1Cc1ccccc1. The molecule has 0 radical (unpaired) electrons. The highest BCUT2D eigenvalue weighted by molar-refractivity contribution is 7.99. The minimum absolute atomic E-state index is 0.00673. The number of aromatic nitrogens is 3. The number of rotatable bonds is 7. The molecule has 0 aliphatic carbocycles. The first-order valence-electron chi connectivity index (χ1n) is 9.49. The van der Waals surface area contributed by atoms with Gasteiger partial charge in [-0.2, -0.15) is 0 Å². The number of amides is 3. The van der Waals surface area contributed by atoms with E-state index in [1.165, 1.54) is 11.8 Å². The molecule has 1 heterocycles. The van der Waals surface area contributed by atoms with E-state index in [2.05, 4.69) is 20.8 Å². The van der Waals surface area contributed by atoms with Crippen molar-refractivity contribution in [3.05, 3.63) is 64.1 Å². The Morgan fingerprint density at radius 3 is 2.52 bits per heavy atom. The Kier molecular flexibility index (Phi) is 7.95. The number of nitrogens with one attached hydrogen (secondary N) is 2. The van der Waals surface area contributed by atoms with E-state index in [1.54, 1.807) is 18.2 Å². The first-order chi connectivity index (χ1) is 14.8. The summed E-state index contributed by atoms with van der Waals surface area (Å²) in [7, 11) is 0. The molecule has 10 heteroatoms. The van der Waals surface area contributed by atoms with Crippen molar-refractivity contribution < 1.29 is 9.59 Å². The summed E-state index contributed by atoms with van der Waals surface area (Å²) < 4.78 is 1.89. The van der Waals surface area contributed by atoms with Crippen molar-refractivity contribution in [1.29, 1.82) is 0 Å². The van der Waals surface area contributed by atoms with Crippen molar-refractivity contribution in [3.63, 3.8) is 0 Å². The monoisotopic (exact) mass is 477 g/mol. The van der Waals surface area contributed by atoms with E-state index in [1.807, 2.05) is 48.7 Å². The predicted molar refractivity (Wildman–Crippen MR) is 124 cm³/mol. The summed E-state index contributed by atoms with van der Waals surface area (Å²) in [4.78, 5) is 23.9. The third-order valence-corrected chi connectivity index (χ3v) is 5.59. The molecule has 0 aliphatic rings. The van der Waals surface area contributed by atoms with Gasteiger partial charge in [-0.3, -0.25) is 14.7 Å². The number of urea groups is 1. The van der Waals surface area contributed by atoms with Crippen LogP contribution in [0.2, 0.25) is 10.0 Å². The quantitative estimate of drug-likeness (QED) is 0.484. The maximum absolute atomic E-state index is 12.2. The summed E-state index contributed by atoms with van der Waals surface area (Å²) in [6, 6.07) is 14.4. The van der Waals surface area contributed by atoms with Crippen LogP contribution in [0.15, 0.2) is 53.7 Å². The molecule has 0 aliphatic heterocycles. The van der Waals surface area contributed by atoms with Gasteiger partial charge in [-0.15, -0.1) is 10.2 Å². The van der Waals surface area contributed by atoms with Gasteiger partial charge in [-0.1, -0.05) is 65.3 Å². The molecule has 2 aromatic carbocycles. The molecular formula is C21H21Cl2N5O2S. The number of carbonyl (C=O) groups is 2. The fraction of sp³-hybridized carbons (Fsp3) is 0.238. The van der Waals surface area contributed by atoms with Gasteiger partial charge in [-0.05, 0) is 37.6 Å².